The van der Waals surface area contributed by atoms with E-state index in [0.717, 1.165) is 27.8 Å². The van der Waals surface area contributed by atoms with Crippen LogP contribution in [0.15, 0.2) is 69.9 Å². The Morgan fingerprint density at radius 1 is 1.45 bits per heavy atom. The summed E-state index contributed by atoms with van der Waals surface area (Å²) >= 11 is 1.54. The Hall–Kier alpha value is -2.27. The highest BCUT2D eigenvalue weighted by Gasteiger charge is 2.29. The standard InChI is InChI=1S/C15H14N4S/c1-3-10(4-2)12-9-18-13-11(12)5-6-16-14(13)19-15-17-7-8-20-15/h3-9,11H,1H2,2H3,(H,16,17,19)/b10-4+. The molecule has 0 saturated carbocycles. The summed E-state index contributed by atoms with van der Waals surface area (Å²) < 4.78 is 0. The van der Waals surface area contributed by atoms with Crippen molar-refractivity contribution in [1.82, 2.24) is 4.98 Å². The van der Waals surface area contributed by atoms with Crippen LogP contribution in [0.1, 0.15) is 6.92 Å². The van der Waals surface area contributed by atoms with Crippen LogP contribution in [-0.2, 0) is 0 Å². The highest BCUT2D eigenvalue weighted by molar-refractivity contribution is 7.13. The van der Waals surface area contributed by atoms with Crippen LogP contribution in [0.3, 0.4) is 0 Å². The van der Waals surface area contributed by atoms with E-state index in [2.05, 4.69) is 32.9 Å². The lowest BCUT2D eigenvalue weighted by Gasteiger charge is -2.18. The maximum atomic E-state index is 4.52. The number of aliphatic imine (C=N–C) groups is 2. The number of amidine groups is 1. The first kappa shape index (κ1) is 12.7. The molecular weight excluding hydrogens is 268 g/mol. The van der Waals surface area contributed by atoms with Crippen molar-refractivity contribution < 1.29 is 0 Å². The third-order valence-corrected chi connectivity index (χ3v) is 3.91. The van der Waals surface area contributed by atoms with E-state index in [0.29, 0.717) is 0 Å². The summed E-state index contributed by atoms with van der Waals surface area (Å²) in [5.41, 5.74) is 3.19. The Balaban J connectivity index is 1.85. The second kappa shape index (κ2) is 5.38. The zero-order chi connectivity index (χ0) is 13.9. The van der Waals surface area contributed by atoms with Crippen LogP contribution in [0.4, 0.5) is 5.13 Å². The largest absolute Gasteiger partial charge is 0.315 e. The average molecular weight is 282 g/mol. The van der Waals surface area contributed by atoms with Gasteiger partial charge in [-0.2, -0.15) is 0 Å². The van der Waals surface area contributed by atoms with Gasteiger partial charge >= 0.3 is 0 Å². The Labute approximate surface area is 121 Å². The van der Waals surface area contributed by atoms with E-state index in [1.165, 1.54) is 0 Å². The van der Waals surface area contributed by atoms with E-state index < -0.39 is 0 Å². The van der Waals surface area contributed by atoms with E-state index in [9.17, 15) is 0 Å². The lowest BCUT2D eigenvalue weighted by molar-refractivity contribution is 1.06. The SMILES string of the molecule is C=C/C(=C\C)C1=CN=C2C(Nc3nccs3)=NC=CC12. The molecule has 0 amide bonds. The van der Waals surface area contributed by atoms with Gasteiger partial charge in [0.05, 0.1) is 11.6 Å². The van der Waals surface area contributed by atoms with Crippen LogP contribution in [0.25, 0.3) is 0 Å². The van der Waals surface area contributed by atoms with Crippen molar-refractivity contribution in [3.05, 3.63) is 59.9 Å². The Morgan fingerprint density at radius 3 is 3.05 bits per heavy atom. The molecule has 5 heteroatoms. The molecule has 1 atom stereocenters. The van der Waals surface area contributed by atoms with E-state index in [-0.39, 0.29) is 5.92 Å². The van der Waals surface area contributed by atoms with Crippen molar-refractivity contribution in [3.63, 3.8) is 0 Å². The van der Waals surface area contributed by atoms with Gasteiger partial charge in [-0.3, -0.25) is 4.99 Å². The van der Waals surface area contributed by atoms with Crippen LogP contribution >= 0.6 is 11.3 Å². The first-order valence-corrected chi connectivity index (χ1v) is 7.19. The predicted octanol–water partition coefficient (Wildman–Crippen LogP) is 3.57. The first-order valence-electron chi connectivity index (χ1n) is 6.31. The molecule has 2 aliphatic heterocycles. The van der Waals surface area contributed by atoms with Crippen LogP contribution in [0.5, 0.6) is 0 Å². The highest BCUT2D eigenvalue weighted by atomic mass is 32.1. The Bertz CT molecular complexity index is 675. The number of thiazole rings is 1. The predicted molar refractivity (Wildman–Crippen MR) is 85.3 cm³/mol. The van der Waals surface area contributed by atoms with Gasteiger partial charge in [-0.1, -0.05) is 24.8 Å². The molecule has 1 aromatic rings. The lowest BCUT2D eigenvalue weighted by atomic mass is 9.89. The number of nitrogens with one attached hydrogen (secondary N) is 1. The summed E-state index contributed by atoms with van der Waals surface area (Å²) in [6.45, 7) is 5.86. The number of fused-ring (bicyclic) bond motifs is 1. The number of hydrogen-bond donors (Lipinski definition) is 1. The summed E-state index contributed by atoms with van der Waals surface area (Å²) in [5, 5.41) is 5.97. The van der Waals surface area contributed by atoms with Gasteiger partial charge in [0.25, 0.3) is 0 Å². The minimum Gasteiger partial charge on any atom is -0.315 e. The fourth-order valence-corrected chi connectivity index (χ4v) is 2.79. The number of nitrogens with zero attached hydrogens (tertiary/aromatic N) is 3. The highest BCUT2D eigenvalue weighted by Crippen LogP contribution is 2.31. The van der Waals surface area contributed by atoms with Crippen molar-refractivity contribution in [2.75, 3.05) is 5.32 Å². The summed E-state index contributed by atoms with van der Waals surface area (Å²) in [5.74, 6) is 0.900. The monoisotopic (exact) mass is 282 g/mol. The number of hydrogen-bond acceptors (Lipinski definition) is 5. The van der Waals surface area contributed by atoms with E-state index >= 15 is 0 Å². The minimum absolute atomic E-state index is 0.138. The molecule has 0 bridgehead atoms. The third kappa shape index (κ3) is 2.16. The molecule has 0 radical (unpaired) electrons. The third-order valence-electron chi connectivity index (χ3n) is 3.22. The van der Waals surface area contributed by atoms with E-state index in [4.69, 9.17) is 0 Å². The van der Waals surface area contributed by atoms with Crippen molar-refractivity contribution in [3.8, 4) is 0 Å². The van der Waals surface area contributed by atoms with Crippen LogP contribution < -0.4 is 5.32 Å². The maximum absolute atomic E-state index is 4.52. The summed E-state index contributed by atoms with van der Waals surface area (Å²) in [4.78, 5) is 13.1. The molecule has 0 saturated heterocycles. The Morgan fingerprint density at radius 2 is 2.35 bits per heavy atom. The molecule has 1 aromatic heterocycles. The second-order valence-electron chi connectivity index (χ2n) is 4.31. The molecule has 3 rings (SSSR count). The summed E-state index contributed by atoms with van der Waals surface area (Å²) in [6, 6.07) is 0. The molecule has 100 valence electrons. The van der Waals surface area contributed by atoms with Crippen molar-refractivity contribution in [1.29, 1.82) is 0 Å². The number of rotatable bonds is 3. The molecule has 0 aromatic carbocycles. The molecular formula is C15H14N4S. The number of anilines is 1. The van der Waals surface area contributed by atoms with Gasteiger partial charge in [0, 0.05) is 24.0 Å². The van der Waals surface area contributed by atoms with Crippen LogP contribution in [-0.4, -0.2) is 16.5 Å². The maximum Gasteiger partial charge on any atom is 0.188 e. The van der Waals surface area contributed by atoms with E-state index in [1.807, 2.05) is 36.9 Å². The molecule has 1 unspecified atom stereocenters. The zero-order valence-corrected chi connectivity index (χ0v) is 11.9. The average Bonchev–Trinajstić information content (AvgIpc) is 3.11. The number of aromatic nitrogens is 1. The fourth-order valence-electron chi connectivity index (χ4n) is 2.26. The zero-order valence-electron chi connectivity index (χ0n) is 11.1. The van der Waals surface area contributed by atoms with Gasteiger partial charge in [0.2, 0.25) is 0 Å². The second-order valence-corrected chi connectivity index (χ2v) is 5.20. The molecule has 0 aliphatic carbocycles. The normalized spacial score (nSPS) is 20.9. The van der Waals surface area contributed by atoms with Gasteiger partial charge in [-0.25, -0.2) is 9.98 Å². The summed E-state index contributed by atoms with van der Waals surface area (Å²) in [7, 11) is 0. The smallest absolute Gasteiger partial charge is 0.188 e. The van der Waals surface area contributed by atoms with Gasteiger partial charge in [-0.05, 0) is 18.1 Å². The molecule has 3 heterocycles. The molecule has 2 aliphatic rings. The lowest BCUT2D eigenvalue weighted by Crippen LogP contribution is -2.30. The summed E-state index contributed by atoms with van der Waals surface area (Å²) in [6.07, 6.45) is 11.4. The van der Waals surface area contributed by atoms with Gasteiger partial charge in [0.15, 0.2) is 11.0 Å². The van der Waals surface area contributed by atoms with Crippen molar-refractivity contribution >= 4 is 28.0 Å². The van der Waals surface area contributed by atoms with E-state index in [1.54, 1.807) is 17.5 Å². The minimum atomic E-state index is 0.138. The molecule has 0 spiro atoms. The molecule has 20 heavy (non-hydrogen) atoms. The van der Waals surface area contributed by atoms with Crippen molar-refractivity contribution in [2.45, 2.75) is 6.92 Å². The van der Waals surface area contributed by atoms with Crippen molar-refractivity contribution in [2.24, 2.45) is 15.9 Å². The quantitative estimate of drug-likeness (QED) is 0.862. The van der Waals surface area contributed by atoms with Crippen LogP contribution in [0.2, 0.25) is 0 Å². The fraction of sp³-hybridized carbons (Fsp3) is 0.133. The molecule has 1 N–H and O–H groups in total. The van der Waals surface area contributed by atoms with Gasteiger partial charge in [0.1, 0.15) is 0 Å². The van der Waals surface area contributed by atoms with Gasteiger partial charge < -0.3 is 5.32 Å². The first-order chi connectivity index (χ1) is 9.83. The van der Waals surface area contributed by atoms with Crippen LogP contribution in [0, 0.1) is 5.92 Å². The molecule has 4 nitrogen and oxygen atoms in total. The number of allylic oxidation sites excluding steroid dienone is 5. The molecule has 0 fully saturated rings. The topological polar surface area (TPSA) is 49.6 Å². The van der Waals surface area contributed by atoms with Gasteiger partial charge in [-0.15, -0.1) is 11.3 Å². The Kier molecular flexibility index (Phi) is 3.43.